The third-order valence-electron chi connectivity index (χ3n) is 4.65. The van der Waals surface area contributed by atoms with Gasteiger partial charge in [-0.1, -0.05) is 11.6 Å². The van der Waals surface area contributed by atoms with Crippen LogP contribution in [0.15, 0.2) is 53.3 Å². The molecule has 0 aliphatic heterocycles. The summed E-state index contributed by atoms with van der Waals surface area (Å²) < 4.78 is 5.13. The standard InChI is InChI=1S/C22H24N2O4/c1-15-4-9-20-17(12-15)13-18(21(26)23-20)14-24(10-3-11-25)22(27)16-5-7-19(28-2)8-6-16/h4-9,12-13,25H,3,10-11,14H2,1-2H3,(H,23,26). The lowest BCUT2D eigenvalue weighted by Crippen LogP contribution is -2.34. The van der Waals surface area contributed by atoms with Crippen LogP contribution in [0.5, 0.6) is 5.75 Å². The van der Waals surface area contributed by atoms with Crippen molar-refractivity contribution in [2.45, 2.75) is 19.9 Å². The van der Waals surface area contributed by atoms with Crippen molar-refractivity contribution in [2.24, 2.45) is 0 Å². The Hall–Kier alpha value is -3.12. The van der Waals surface area contributed by atoms with E-state index in [9.17, 15) is 14.7 Å². The van der Waals surface area contributed by atoms with Gasteiger partial charge in [-0.15, -0.1) is 0 Å². The third kappa shape index (κ3) is 4.40. The minimum absolute atomic E-state index is 0.0281. The Labute approximate surface area is 163 Å². The number of H-pyrrole nitrogens is 1. The Kier molecular flexibility index (Phi) is 6.11. The molecular formula is C22H24N2O4. The maximum absolute atomic E-state index is 13.0. The number of pyridine rings is 1. The molecule has 0 saturated carbocycles. The highest BCUT2D eigenvalue weighted by Crippen LogP contribution is 2.17. The van der Waals surface area contributed by atoms with Crippen LogP contribution in [0.2, 0.25) is 0 Å². The summed E-state index contributed by atoms with van der Waals surface area (Å²) in [5.41, 5.74) is 2.66. The Morgan fingerprint density at radius 1 is 1.14 bits per heavy atom. The number of aromatic amines is 1. The van der Waals surface area contributed by atoms with Crippen molar-refractivity contribution < 1.29 is 14.6 Å². The summed E-state index contributed by atoms with van der Waals surface area (Å²) in [6, 6.07) is 14.5. The van der Waals surface area contributed by atoms with Gasteiger partial charge in [0.25, 0.3) is 11.5 Å². The molecule has 3 aromatic rings. The number of aryl methyl sites for hydroxylation is 1. The first-order valence-electron chi connectivity index (χ1n) is 9.18. The van der Waals surface area contributed by atoms with Crippen molar-refractivity contribution in [2.75, 3.05) is 20.3 Å². The van der Waals surface area contributed by atoms with E-state index in [1.54, 1.807) is 36.3 Å². The summed E-state index contributed by atoms with van der Waals surface area (Å²) in [5, 5.41) is 10.1. The van der Waals surface area contributed by atoms with Gasteiger partial charge in [-0.05, 0) is 61.2 Å². The molecule has 0 radical (unpaired) electrons. The van der Waals surface area contributed by atoms with Gasteiger partial charge in [-0.2, -0.15) is 0 Å². The summed E-state index contributed by atoms with van der Waals surface area (Å²) in [7, 11) is 1.57. The van der Waals surface area contributed by atoms with Gasteiger partial charge in [0.15, 0.2) is 0 Å². The number of ether oxygens (including phenoxy) is 1. The number of nitrogens with zero attached hydrogens (tertiary/aromatic N) is 1. The molecule has 1 heterocycles. The Morgan fingerprint density at radius 3 is 2.57 bits per heavy atom. The van der Waals surface area contributed by atoms with Crippen LogP contribution in [0.25, 0.3) is 10.9 Å². The second-order valence-corrected chi connectivity index (χ2v) is 6.75. The molecule has 0 spiro atoms. The van der Waals surface area contributed by atoms with Crippen LogP contribution in [-0.4, -0.2) is 41.2 Å². The molecule has 1 aromatic heterocycles. The van der Waals surface area contributed by atoms with Crippen molar-refractivity contribution in [3.8, 4) is 5.75 Å². The Morgan fingerprint density at radius 2 is 1.89 bits per heavy atom. The molecule has 6 heteroatoms. The van der Waals surface area contributed by atoms with Gasteiger partial charge in [0.05, 0.1) is 13.7 Å². The lowest BCUT2D eigenvalue weighted by Gasteiger charge is -2.22. The second kappa shape index (κ2) is 8.71. The zero-order valence-electron chi connectivity index (χ0n) is 16.1. The number of hydrogen-bond acceptors (Lipinski definition) is 4. The number of nitrogens with one attached hydrogen (secondary N) is 1. The number of benzene rings is 2. The highest BCUT2D eigenvalue weighted by Gasteiger charge is 2.18. The molecule has 0 unspecified atom stereocenters. The van der Waals surface area contributed by atoms with Crippen LogP contribution >= 0.6 is 0 Å². The van der Waals surface area contributed by atoms with Crippen molar-refractivity contribution in [3.05, 3.63) is 75.6 Å². The molecule has 0 aliphatic rings. The van der Waals surface area contributed by atoms with Crippen molar-refractivity contribution >= 4 is 16.8 Å². The first kappa shape index (κ1) is 19.6. The number of rotatable bonds is 7. The Balaban J connectivity index is 1.91. The van der Waals surface area contributed by atoms with E-state index in [4.69, 9.17) is 4.74 Å². The number of methoxy groups -OCH3 is 1. The van der Waals surface area contributed by atoms with Crippen LogP contribution in [0.3, 0.4) is 0 Å². The molecule has 2 aromatic carbocycles. The van der Waals surface area contributed by atoms with Crippen LogP contribution in [0.4, 0.5) is 0 Å². The molecule has 1 amide bonds. The van der Waals surface area contributed by atoms with Gasteiger partial charge in [-0.3, -0.25) is 9.59 Å². The maximum atomic E-state index is 13.0. The molecule has 6 nitrogen and oxygen atoms in total. The predicted molar refractivity (Wildman–Crippen MR) is 109 cm³/mol. The van der Waals surface area contributed by atoms with E-state index in [-0.39, 0.29) is 24.6 Å². The van der Waals surface area contributed by atoms with Gasteiger partial charge in [0.2, 0.25) is 0 Å². The number of carbonyl (C=O) groups is 1. The predicted octanol–water partition coefficient (Wildman–Crippen LogP) is 2.87. The first-order chi connectivity index (χ1) is 13.5. The van der Waals surface area contributed by atoms with Crippen molar-refractivity contribution in [3.63, 3.8) is 0 Å². The number of carbonyl (C=O) groups excluding carboxylic acids is 1. The number of fused-ring (bicyclic) bond motifs is 1. The first-order valence-corrected chi connectivity index (χ1v) is 9.18. The number of aliphatic hydroxyl groups excluding tert-OH is 1. The average molecular weight is 380 g/mol. The highest BCUT2D eigenvalue weighted by atomic mass is 16.5. The van der Waals surface area contributed by atoms with E-state index in [1.165, 1.54) is 0 Å². The molecule has 28 heavy (non-hydrogen) atoms. The summed E-state index contributed by atoms with van der Waals surface area (Å²) >= 11 is 0. The number of hydrogen-bond donors (Lipinski definition) is 2. The van der Waals surface area contributed by atoms with E-state index in [0.717, 1.165) is 16.5 Å². The lowest BCUT2D eigenvalue weighted by molar-refractivity contribution is 0.0731. The fourth-order valence-electron chi connectivity index (χ4n) is 3.12. The van der Waals surface area contributed by atoms with Gasteiger partial charge >= 0.3 is 0 Å². The van der Waals surface area contributed by atoms with Gasteiger partial charge in [0, 0.05) is 29.8 Å². The fourth-order valence-corrected chi connectivity index (χ4v) is 3.12. The zero-order valence-corrected chi connectivity index (χ0v) is 16.1. The van der Waals surface area contributed by atoms with Crippen LogP contribution in [-0.2, 0) is 6.54 Å². The van der Waals surface area contributed by atoms with Crippen LogP contribution < -0.4 is 10.3 Å². The molecule has 2 N–H and O–H groups in total. The molecule has 0 bridgehead atoms. The smallest absolute Gasteiger partial charge is 0.254 e. The van der Waals surface area contributed by atoms with Crippen molar-refractivity contribution in [1.29, 1.82) is 0 Å². The monoisotopic (exact) mass is 380 g/mol. The zero-order chi connectivity index (χ0) is 20.1. The number of amides is 1. The van der Waals surface area contributed by atoms with E-state index in [2.05, 4.69) is 4.98 Å². The molecule has 146 valence electrons. The molecule has 3 rings (SSSR count). The number of aliphatic hydroxyl groups is 1. The molecular weight excluding hydrogens is 356 g/mol. The van der Waals surface area contributed by atoms with Gasteiger partial charge < -0.3 is 19.7 Å². The van der Waals surface area contributed by atoms with E-state index in [1.807, 2.05) is 31.2 Å². The summed E-state index contributed by atoms with van der Waals surface area (Å²) in [6.07, 6.45) is 0.437. The normalized spacial score (nSPS) is 10.8. The quantitative estimate of drug-likeness (QED) is 0.660. The van der Waals surface area contributed by atoms with Crippen molar-refractivity contribution in [1.82, 2.24) is 9.88 Å². The highest BCUT2D eigenvalue weighted by molar-refractivity contribution is 5.94. The van der Waals surface area contributed by atoms with E-state index >= 15 is 0 Å². The molecule has 0 fully saturated rings. The van der Waals surface area contributed by atoms with Gasteiger partial charge in [-0.25, -0.2) is 0 Å². The maximum Gasteiger partial charge on any atom is 0.254 e. The lowest BCUT2D eigenvalue weighted by atomic mass is 10.1. The summed E-state index contributed by atoms with van der Waals surface area (Å²) in [4.78, 5) is 30.0. The minimum atomic E-state index is -0.215. The second-order valence-electron chi connectivity index (χ2n) is 6.75. The average Bonchev–Trinajstić information content (AvgIpc) is 2.71. The largest absolute Gasteiger partial charge is 0.497 e. The summed E-state index contributed by atoms with van der Waals surface area (Å²) in [6.45, 7) is 2.49. The topological polar surface area (TPSA) is 82.6 Å². The third-order valence-corrected chi connectivity index (χ3v) is 4.65. The fraction of sp³-hybridized carbons (Fsp3) is 0.273. The minimum Gasteiger partial charge on any atom is -0.497 e. The molecule has 0 aliphatic carbocycles. The molecule has 0 saturated heterocycles. The SMILES string of the molecule is COc1ccc(C(=O)N(CCCO)Cc2cc3cc(C)ccc3[nH]c2=O)cc1. The van der Waals surface area contributed by atoms with E-state index < -0.39 is 0 Å². The molecule has 0 atom stereocenters. The Bertz CT molecular complexity index is 1020. The summed E-state index contributed by atoms with van der Waals surface area (Å²) in [5.74, 6) is 0.472. The van der Waals surface area contributed by atoms with Gasteiger partial charge in [0.1, 0.15) is 5.75 Å². The number of aromatic nitrogens is 1. The van der Waals surface area contributed by atoms with Crippen LogP contribution in [0.1, 0.15) is 27.9 Å². The van der Waals surface area contributed by atoms with Crippen LogP contribution in [0, 0.1) is 6.92 Å². The van der Waals surface area contributed by atoms with E-state index in [0.29, 0.717) is 29.8 Å².